The van der Waals surface area contributed by atoms with Crippen molar-refractivity contribution in [2.45, 2.75) is 25.4 Å². The largest absolute Gasteiger partial charge is 0.373 e. The number of anilines is 2. The van der Waals surface area contributed by atoms with Gasteiger partial charge in [0.25, 0.3) is 0 Å². The summed E-state index contributed by atoms with van der Waals surface area (Å²) in [5.41, 5.74) is 0.801. The van der Waals surface area contributed by atoms with Crippen molar-refractivity contribution in [2.24, 2.45) is 0 Å². The highest BCUT2D eigenvalue weighted by atomic mass is 19.2. The van der Waals surface area contributed by atoms with Gasteiger partial charge in [0.15, 0.2) is 11.6 Å². The zero-order valence-electron chi connectivity index (χ0n) is 13.6. The first-order valence-corrected chi connectivity index (χ1v) is 8.06. The van der Waals surface area contributed by atoms with E-state index in [0.29, 0.717) is 12.6 Å². The Labute approximate surface area is 140 Å². The molecule has 0 spiro atoms. The van der Waals surface area contributed by atoms with E-state index in [9.17, 15) is 8.78 Å². The smallest absolute Gasteiger partial charge is 0.159 e. The Kier molecular flexibility index (Phi) is 5.20. The van der Waals surface area contributed by atoms with Crippen LogP contribution in [0.4, 0.5) is 20.4 Å². The van der Waals surface area contributed by atoms with Crippen LogP contribution in [0.1, 0.15) is 18.4 Å². The molecule has 0 unspecified atom stereocenters. The zero-order chi connectivity index (χ0) is 16.9. The Bertz CT molecular complexity index is 686. The lowest BCUT2D eigenvalue weighted by Gasteiger charge is -2.32. The number of hydrogen-bond acceptors (Lipinski definition) is 5. The minimum atomic E-state index is -0.799. The molecule has 1 aliphatic heterocycles. The summed E-state index contributed by atoms with van der Waals surface area (Å²) in [4.78, 5) is 10.6. The van der Waals surface area contributed by atoms with Crippen LogP contribution in [0.5, 0.6) is 0 Å². The molecule has 24 heavy (non-hydrogen) atoms. The predicted octanol–water partition coefficient (Wildman–Crippen LogP) is 2.87. The van der Waals surface area contributed by atoms with Crippen LogP contribution in [-0.4, -0.2) is 41.0 Å². The predicted molar refractivity (Wildman–Crippen MR) is 89.9 cm³/mol. The van der Waals surface area contributed by atoms with Crippen molar-refractivity contribution < 1.29 is 8.78 Å². The van der Waals surface area contributed by atoms with E-state index in [2.05, 4.69) is 25.5 Å². The van der Waals surface area contributed by atoms with Gasteiger partial charge >= 0.3 is 0 Å². The maximum atomic E-state index is 13.3. The number of hydrogen-bond donors (Lipinski definition) is 2. The Hall–Kier alpha value is -2.28. The second kappa shape index (κ2) is 7.53. The van der Waals surface area contributed by atoms with Crippen LogP contribution >= 0.6 is 0 Å². The lowest BCUT2D eigenvalue weighted by Crippen LogP contribution is -2.38. The number of likely N-dealkylation sites (tertiary alicyclic amines) is 1. The number of aromatic nitrogens is 2. The van der Waals surface area contributed by atoms with E-state index in [-0.39, 0.29) is 0 Å². The van der Waals surface area contributed by atoms with Crippen LogP contribution in [0, 0.1) is 11.6 Å². The van der Waals surface area contributed by atoms with Gasteiger partial charge in [-0.05, 0) is 30.5 Å². The van der Waals surface area contributed by atoms with E-state index in [4.69, 9.17) is 0 Å². The molecule has 1 aromatic carbocycles. The van der Waals surface area contributed by atoms with Crippen LogP contribution < -0.4 is 10.6 Å². The molecule has 0 amide bonds. The first-order valence-electron chi connectivity index (χ1n) is 8.06. The van der Waals surface area contributed by atoms with Gasteiger partial charge in [0.1, 0.15) is 18.0 Å². The zero-order valence-corrected chi connectivity index (χ0v) is 13.6. The quantitative estimate of drug-likeness (QED) is 0.881. The Morgan fingerprint density at radius 1 is 1.08 bits per heavy atom. The van der Waals surface area contributed by atoms with Gasteiger partial charge < -0.3 is 10.6 Å². The second-order valence-electron chi connectivity index (χ2n) is 5.98. The molecule has 2 N–H and O–H groups in total. The Morgan fingerprint density at radius 2 is 1.83 bits per heavy atom. The third-order valence-electron chi connectivity index (χ3n) is 4.25. The maximum absolute atomic E-state index is 13.3. The van der Waals surface area contributed by atoms with Gasteiger partial charge in [-0.25, -0.2) is 18.7 Å². The van der Waals surface area contributed by atoms with Gasteiger partial charge in [0.05, 0.1) is 0 Å². The number of benzene rings is 1. The highest BCUT2D eigenvalue weighted by Gasteiger charge is 2.20. The second-order valence-corrected chi connectivity index (χ2v) is 5.98. The molecule has 1 aromatic heterocycles. The summed E-state index contributed by atoms with van der Waals surface area (Å²) >= 11 is 0. The molecule has 128 valence electrons. The fourth-order valence-electron chi connectivity index (χ4n) is 2.91. The molecule has 0 bridgehead atoms. The molecule has 1 fully saturated rings. The van der Waals surface area contributed by atoms with Crippen LogP contribution in [0.15, 0.2) is 30.6 Å². The number of rotatable bonds is 5. The van der Waals surface area contributed by atoms with Crippen molar-refractivity contribution in [2.75, 3.05) is 30.8 Å². The van der Waals surface area contributed by atoms with E-state index in [1.165, 1.54) is 18.5 Å². The topological polar surface area (TPSA) is 53.1 Å². The van der Waals surface area contributed by atoms with Crippen molar-refractivity contribution in [3.63, 3.8) is 0 Å². The fourth-order valence-corrected chi connectivity index (χ4v) is 2.91. The van der Waals surface area contributed by atoms with Crippen LogP contribution in [0.2, 0.25) is 0 Å². The van der Waals surface area contributed by atoms with E-state index in [1.54, 1.807) is 6.07 Å². The average molecular weight is 333 g/mol. The normalized spacial score (nSPS) is 16.1. The third kappa shape index (κ3) is 4.17. The number of nitrogens with one attached hydrogen (secondary N) is 2. The molecule has 0 saturated carbocycles. The van der Waals surface area contributed by atoms with Crippen molar-refractivity contribution >= 4 is 11.6 Å². The molecular weight excluding hydrogens is 312 g/mol. The molecule has 0 radical (unpaired) electrons. The molecule has 0 aliphatic carbocycles. The van der Waals surface area contributed by atoms with Gasteiger partial charge in [-0.2, -0.15) is 0 Å². The fraction of sp³-hybridized carbons (Fsp3) is 0.412. The first-order chi connectivity index (χ1) is 11.6. The first kappa shape index (κ1) is 16.6. The van der Waals surface area contributed by atoms with Crippen molar-refractivity contribution in [3.05, 3.63) is 47.8 Å². The van der Waals surface area contributed by atoms with Gasteiger partial charge in [-0.15, -0.1) is 0 Å². The van der Waals surface area contributed by atoms with Crippen LogP contribution in [0.25, 0.3) is 0 Å². The van der Waals surface area contributed by atoms with Crippen molar-refractivity contribution in [1.82, 2.24) is 14.9 Å². The van der Waals surface area contributed by atoms with Gasteiger partial charge in [-0.1, -0.05) is 6.07 Å². The Morgan fingerprint density at radius 3 is 2.54 bits per heavy atom. The molecule has 1 saturated heterocycles. The van der Waals surface area contributed by atoms with Crippen LogP contribution in [-0.2, 0) is 6.54 Å². The van der Waals surface area contributed by atoms with Gasteiger partial charge in [0.2, 0.25) is 0 Å². The van der Waals surface area contributed by atoms with E-state index >= 15 is 0 Å². The molecule has 2 aromatic rings. The highest BCUT2D eigenvalue weighted by Crippen LogP contribution is 2.19. The van der Waals surface area contributed by atoms with E-state index in [0.717, 1.165) is 43.1 Å². The SMILES string of the molecule is CNc1cc(NC2CCN(Cc3ccc(F)c(F)c3)CC2)ncn1. The summed E-state index contributed by atoms with van der Waals surface area (Å²) in [5, 5.41) is 6.42. The number of nitrogens with zero attached hydrogens (tertiary/aromatic N) is 3. The molecular formula is C17H21F2N5. The van der Waals surface area contributed by atoms with E-state index in [1.807, 2.05) is 13.1 Å². The minimum absolute atomic E-state index is 0.353. The van der Waals surface area contributed by atoms with Gasteiger partial charge in [-0.3, -0.25) is 4.90 Å². The molecule has 3 rings (SSSR count). The Balaban J connectivity index is 1.51. The van der Waals surface area contributed by atoms with Crippen molar-refractivity contribution in [3.8, 4) is 0 Å². The lowest BCUT2D eigenvalue weighted by atomic mass is 10.0. The molecule has 0 atom stereocenters. The molecule has 5 nitrogen and oxygen atoms in total. The summed E-state index contributed by atoms with van der Waals surface area (Å²) in [6.45, 7) is 2.45. The minimum Gasteiger partial charge on any atom is -0.373 e. The molecule has 1 aliphatic rings. The van der Waals surface area contributed by atoms with E-state index < -0.39 is 11.6 Å². The summed E-state index contributed by atoms with van der Waals surface area (Å²) in [6, 6.07) is 6.34. The monoisotopic (exact) mass is 333 g/mol. The summed E-state index contributed by atoms with van der Waals surface area (Å²) in [5.74, 6) is 0.0114. The summed E-state index contributed by atoms with van der Waals surface area (Å²) in [7, 11) is 1.82. The molecule has 7 heteroatoms. The maximum Gasteiger partial charge on any atom is 0.159 e. The van der Waals surface area contributed by atoms with Crippen LogP contribution in [0.3, 0.4) is 0 Å². The average Bonchev–Trinajstić information content (AvgIpc) is 2.60. The summed E-state index contributed by atoms with van der Waals surface area (Å²) in [6.07, 6.45) is 3.48. The lowest BCUT2D eigenvalue weighted by molar-refractivity contribution is 0.211. The van der Waals surface area contributed by atoms with Gasteiger partial charge in [0, 0.05) is 38.8 Å². The highest BCUT2D eigenvalue weighted by molar-refractivity contribution is 5.46. The third-order valence-corrected chi connectivity index (χ3v) is 4.25. The summed E-state index contributed by atoms with van der Waals surface area (Å²) < 4.78 is 26.3. The number of halogens is 2. The number of piperidine rings is 1. The standard InChI is InChI=1S/C17H21F2N5/c1-20-16-9-17(22-11-21-16)23-13-4-6-24(7-5-13)10-12-2-3-14(18)15(19)8-12/h2-3,8-9,11,13H,4-7,10H2,1H3,(H2,20,21,22,23). The molecule has 2 heterocycles. The van der Waals surface area contributed by atoms with Crippen molar-refractivity contribution in [1.29, 1.82) is 0 Å².